The van der Waals surface area contributed by atoms with Gasteiger partial charge in [0, 0.05) is 6.04 Å². The number of unbranched alkanes of at least 4 members (excludes halogenated alkanes) is 4. The molecular weight excluding hydrogens is 201 g/mol. The average Bonchev–Trinajstić information content (AvgIpc) is 2.28. The molecule has 1 nitrogen and oxygen atoms in total. The van der Waals surface area contributed by atoms with Crippen molar-refractivity contribution < 1.29 is 4.39 Å². The summed E-state index contributed by atoms with van der Waals surface area (Å²) in [6, 6.07) is 6.60. The number of rotatable bonds is 7. The summed E-state index contributed by atoms with van der Waals surface area (Å²) in [6.45, 7) is 2.21. The second-order valence-electron chi connectivity index (χ2n) is 4.36. The van der Waals surface area contributed by atoms with Crippen molar-refractivity contribution in [3.8, 4) is 0 Å². The molecule has 1 aromatic carbocycles. The first-order chi connectivity index (χ1) is 7.74. The Balaban J connectivity index is 2.27. The average molecular weight is 223 g/mol. The molecule has 0 saturated heterocycles. The topological polar surface area (TPSA) is 26.0 Å². The zero-order valence-corrected chi connectivity index (χ0v) is 10.1. The van der Waals surface area contributed by atoms with Gasteiger partial charge in [-0.3, -0.25) is 0 Å². The number of nitrogens with two attached hydrogens (primary N) is 1. The van der Waals surface area contributed by atoms with Gasteiger partial charge in [0.05, 0.1) is 0 Å². The maximum atomic E-state index is 13.0. The molecule has 2 N–H and O–H groups in total. The maximum absolute atomic E-state index is 13.0. The lowest BCUT2D eigenvalue weighted by molar-refractivity contribution is 0.551. The maximum Gasteiger partial charge on any atom is 0.123 e. The van der Waals surface area contributed by atoms with Gasteiger partial charge >= 0.3 is 0 Å². The van der Waals surface area contributed by atoms with Crippen LogP contribution in [-0.4, -0.2) is 0 Å². The minimum atomic E-state index is -0.195. The number of hydrogen-bond acceptors (Lipinski definition) is 1. The molecule has 0 bridgehead atoms. The molecule has 1 atom stereocenters. The quantitative estimate of drug-likeness (QED) is 0.689. The van der Waals surface area contributed by atoms with Crippen molar-refractivity contribution in [2.75, 3.05) is 0 Å². The molecule has 90 valence electrons. The molecule has 2 heteroatoms. The Morgan fingerprint density at radius 1 is 1.19 bits per heavy atom. The van der Waals surface area contributed by atoms with Crippen LogP contribution in [0.2, 0.25) is 0 Å². The molecule has 0 aromatic heterocycles. The predicted molar refractivity (Wildman–Crippen MR) is 66.7 cm³/mol. The first kappa shape index (κ1) is 13.2. The summed E-state index contributed by atoms with van der Waals surface area (Å²) >= 11 is 0. The van der Waals surface area contributed by atoms with Crippen molar-refractivity contribution in [1.82, 2.24) is 0 Å². The van der Waals surface area contributed by atoms with Gasteiger partial charge in [0.1, 0.15) is 5.82 Å². The number of benzene rings is 1. The van der Waals surface area contributed by atoms with Crippen LogP contribution in [0.3, 0.4) is 0 Å². The van der Waals surface area contributed by atoms with Gasteiger partial charge in [0.2, 0.25) is 0 Å². The van der Waals surface area contributed by atoms with Crippen molar-refractivity contribution in [2.45, 2.75) is 51.5 Å². The largest absolute Gasteiger partial charge is 0.324 e. The second kappa shape index (κ2) is 7.39. The summed E-state index contributed by atoms with van der Waals surface area (Å²) in [7, 11) is 0. The fourth-order valence-corrected chi connectivity index (χ4v) is 1.87. The van der Waals surface area contributed by atoms with Gasteiger partial charge in [-0.25, -0.2) is 4.39 Å². The van der Waals surface area contributed by atoms with Crippen molar-refractivity contribution in [1.29, 1.82) is 0 Å². The molecule has 1 aromatic rings. The van der Waals surface area contributed by atoms with E-state index in [1.165, 1.54) is 37.8 Å². The fraction of sp³-hybridized carbons (Fsp3) is 0.571. The van der Waals surface area contributed by atoms with E-state index in [2.05, 4.69) is 6.92 Å². The van der Waals surface area contributed by atoms with Crippen LogP contribution in [0, 0.1) is 5.82 Å². The van der Waals surface area contributed by atoms with Crippen molar-refractivity contribution in [3.05, 3.63) is 35.6 Å². The Morgan fingerprint density at radius 3 is 2.62 bits per heavy atom. The number of hydrogen-bond donors (Lipinski definition) is 1. The lowest BCUT2D eigenvalue weighted by Crippen LogP contribution is -2.10. The van der Waals surface area contributed by atoms with Gasteiger partial charge in [-0.05, 0) is 24.1 Å². The summed E-state index contributed by atoms with van der Waals surface area (Å²) in [6.07, 6.45) is 7.17. The fourth-order valence-electron chi connectivity index (χ4n) is 1.87. The van der Waals surface area contributed by atoms with Gasteiger partial charge in [-0.15, -0.1) is 0 Å². The van der Waals surface area contributed by atoms with Crippen molar-refractivity contribution in [2.24, 2.45) is 5.73 Å². The van der Waals surface area contributed by atoms with E-state index in [1.807, 2.05) is 6.07 Å². The van der Waals surface area contributed by atoms with Crippen LogP contribution in [0.4, 0.5) is 4.39 Å². The molecule has 0 fully saturated rings. The van der Waals surface area contributed by atoms with E-state index in [-0.39, 0.29) is 11.9 Å². The van der Waals surface area contributed by atoms with Gasteiger partial charge in [0.25, 0.3) is 0 Å². The Kier molecular flexibility index (Phi) is 6.09. The Bertz CT molecular complexity index is 299. The third kappa shape index (κ3) is 4.75. The Labute approximate surface area is 97.9 Å². The van der Waals surface area contributed by atoms with Crippen LogP contribution in [0.1, 0.15) is 57.1 Å². The minimum absolute atomic E-state index is 0.0164. The molecule has 16 heavy (non-hydrogen) atoms. The first-order valence-corrected chi connectivity index (χ1v) is 6.25. The van der Waals surface area contributed by atoms with Gasteiger partial charge in [-0.2, -0.15) is 0 Å². The summed E-state index contributed by atoms with van der Waals surface area (Å²) in [4.78, 5) is 0. The molecular formula is C14H22FN. The van der Waals surface area contributed by atoms with Crippen LogP contribution >= 0.6 is 0 Å². The molecule has 0 radical (unpaired) electrons. The van der Waals surface area contributed by atoms with E-state index in [4.69, 9.17) is 5.73 Å². The standard InChI is InChI=1S/C14H22FN/c1-2-3-4-5-6-10-14(16)12-8-7-9-13(15)11-12/h7-9,11,14H,2-6,10,16H2,1H3. The number of halogens is 1. The van der Waals surface area contributed by atoms with E-state index >= 15 is 0 Å². The van der Waals surface area contributed by atoms with E-state index in [0.29, 0.717) is 0 Å². The third-order valence-corrected chi connectivity index (χ3v) is 2.90. The minimum Gasteiger partial charge on any atom is -0.324 e. The monoisotopic (exact) mass is 223 g/mol. The predicted octanol–water partition coefficient (Wildman–Crippen LogP) is 4.19. The van der Waals surface area contributed by atoms with Crippen molar-refractivity contribution in [3.63, 3.8) is 0 Å². The van der Waals surface area contributed by atoms with Crippen LogP contribution in [0.5, 0.6) is 0 Å². The summed E-state index contributed by atoms with van der Waals surface area (Å²) in [5.74, 6) is -0.195. The normalized spacial score (nSPS) is 12.7. The van der Waals surface area contributed by atoms with E-state index in [9.17, 15) is 4.39 Å². The highest BCUT2D eigenvalue weighted by molar-refractivity contribution is 5.19. The SMILES string of the molecule is CCCCCCCC(N)c1cccc(F)c1. The summed E-state index contributed by atoms with van der Waals surface area (Å²) in [5.41, 5.74) is 6.92. The zero-order valence-electron chi connectivity index (χ0n) is 10.1. The molecule has 0 saturated carbocycles. The smallest absolute Gasteiger partial charge is 0.123 e. The molecule has 1 unspecified atom stereocenters. The van der Waals surface area contributed by atoms with E-state index in [1.54, 1.807) is 6.07 Å². The molecule has 0 amide bonds. The Morgan fingerprint density at radius 2 is 1.94 bits per heavy atom. The lowest BCUT2D eigenvalue weighted by Gasteiger charge is -2.11. The van der Waals surface area contributed by atoms with E-state index in [0.717, 1.165) is 18.4 Å². The summed E-state index contributed by atoms with van der Waals surface area (Å²) < 4.78 is 13.0. The second-order valence-corrected chi connectivity index (χ2v) is 4.36. The van der Waals surface area contributed by atoms with Crippen LogP contribution in [0.15, 0.2) is 24.3 Å². The molecule has 0 aliphatic carbocycles. The molecule has 0 aliphatic rings. The molecule has 0 spiro atoms. The third-order valence-electron chi connectivity index (χ3n) is 2.90. The lowest BCUT2D eigenvalue weighted by atomic mass is 10.0. The molecule has 1 rings (SSSR count). The first-order valence-electron chi connectivity index (χ1n) is 6.25. The van der Waals surface area contributed by atoms with Crippen LogP contribution in [-0.2, 0) is 0 Å². The van der Waals surface area contributed by atoms with Gasteiger partial charge in [-0.1, -0.05) is 51.2 Å². The highest BCUT2D eigenvalue weighted by atomic mass is 19.1. The zero-order chi connectivity index (χ0) is 11.8. The Hall–Kier alpha value is -0.890. The van der Waals surface area contributed by atoms with Gasteiger partial charge in [0.15, 0.2) is 0 Å². The van der Waals surface area contributed by atoms with E-state index < -0.39 is 0 Å². The summed E-state index contributed by atoms with van der Waals surface area (Å²) in [5, 5.41) is 0. The van der Waals surface area contributed by atoms with Gasteiger partial charge < -0.3 is 5.73 Å². The highest BCUT2D eigenvalue weighted by Gasteiger charge is 2.05. The highest BCUT2D eigenvalue weighted by Crippen LogP contribution is 2.18. The van der Waals surface area contributed by atoms with Crippen LogP contribution < -0.4 is 5.73 Å². The van der Waals surface area contributed by atoms with Crippen molar-refractivity contribution >= 4 is 0 Å². The molecule has 0 aliphatic heterocycles. The van der Waals surface area contributed by atoms with Crippen LogP contribution in [0.25, 0.3) is 0 Å². The molecule has 0 heterocycles.